The zero-order valence-corrected chi connectivity index (χ0v) is 16.2. The van der Waals surface area contributed by atoms with Crippen molar-refractivity contribution in [3.63, 3.8) is 0 Å². The molecule has 0 bridgehead atoms. The van der Waals surface area contributed by atoms with Crippen LogP contribution in [0.15, 0.2) is 41.1 Å². The largest absolute Gasteiger partial charge is 0.352 e. The monoisotopic (exact) mass is 385 g/mol. The summed E-state index contributed by atoms with van der Waals surface area (Å²) in [6.07, 6.45) is 0.853. The molecule has 5 nitrogen and oxygen atoms in total. The number of nitrogens with one attached hydrogen (secondary N) is 2. The van der Waals surface area contributed by atoms with E-state index in [0.717, 1.165) is 17.0 Å². The van der Waals surface area contributed by atoms with Gasteiger partial charge < -0.3 is 10.6 Å². The molecule has 2 aromatic heterocycles. The Morgan fingerprint density at radius 1 is 1.15 bits per heavy atom. The minimum absolute atomic E-state index is 0.192. The molecule has 134 valence electrons. The number of carbonyl (C=O) groups is 2. The van der Waals surface area contributed by atoms with Crippen LogP contribution in [-0.2, 0) is 0 Å². The molecule has 3 aromatic rings. The predicted octanol–water partition coefficient (Wildman–Crippen LogP) is 4.57. The zero-order chi connectivity index (χ0) is 18.5. The number of thiazole rings is 1. The van der Waals surface area contributed by atoms with Crippen LogP contribution < -0.4 is 10.6 Å². The highest BCUT2D eigenvalue weighted by Gasteiger charge is 2.19. The quantitative estimate of drug-likeness (QED) is 0.653. The van der Waals surface area contributed by atoms with E-state index in [0.29, 0.717) is 28.4 Å². The molecule has 0 atom stereocenters. The van der Waals surface area contributed by atoms with Gasteiger partial charge in [0.2, 0.25) is 0 Å². The number of hydrogen-bond acceptors (Lipinski definition) is 5. The van der Waals surface area contributed by atoms with Crippen LogP contribution in [0.2, 0.25) is 0 Å². The topological polar surface area (TPSA) is 71.1 Å². The molecule has 2 N–H and O–H groups in total. The van der Waals surface area contributed by atoms with Gasteiger partial charge in [0.15, 0.2) is 0 Å². The van der Waals surface area contributed by atoms with E-state index in [-0.39, 0.29) is 11.8 Å². The summed E-state index contributed by atoms with van der Waals surface area (Å²) < 4.78 is 0. The van der Waals surface area contributed by atoms with Gasteiger partial charge in [-0.25, -0.2) is 4.98 Å². The van der Waals surface area contributed by atoms with Crippen molar-refractivity contribution < 1.29 is 9.59 Å². The highest BCUT2D eigenvalue weighted by Crippen LogP contribution is 2.30. The maximum atomic E-state index is 12.7. The predicted molar refractivity (Wildman–Crippen MR) is 107 cm³/mol. The Bertz CT molecular complexity index is 917. The summed E-state index contributed by atoms with van der Waals surface area (Å²) in [5.41, 5.74) is 2.65. The average Bonchev–Trinajstić information content (AvgIpc) is 3.29. The SMILES string of the molecule is CCCNC(=O)c1ccccc1NC(=O)c1sc(-c2ccsc2)nc1C. The molecular formula is C19H19N3O2S2. The lowest BCUT2D eigenvalue weighted by Gasteiger charge is -2.10. The van der Waals surface area contributed by atoms with Crippen LogP contribution in [0.3, 0.4) is 0 Å². The number of thiophene rings is 1. The Hall–Kier alpha value is -2.51. The van der Waals surface area contributed by atoms with Crippen molar-refractivity contribution in [3.8, 4) is 10.6 Å². The molecule has 0 aliphatic rings. The number of benzene rings is 1. The van der Waals surface area contributed by atoms with Crippen molar-refractivity contribution in [1.82, 2.24) is 10.3 Å². The second-order valence-corrected chi connectivity index (χ2v) is 7.48. The van der Waals surface area contributed by atoms with Crippen molar-refractivity contribution in [2.24, 2.45) is 0 Å². The molecule has 0 aliphatic carbocycles. The van der Waals surface area contributed by atoms with Gasteiger partial charge in [-0.3, -0.25) is 9.59 Å². The molecular weight excluding hydrogens is 366 g/mol. The molecule has 1 aromatic carbocycles. The zero-order valence-electron chi connectivity index (χ0n) is 14.5. The first kappa shape index (κ1) is 18.3. The number of aryl methyl sites for hydroxylation is 1. The van der Waals surface area contributed by atoms with Crippen molar-refractivity contribution >= 4 is 40.2 Å². The van der Waals surface area contributed by atoms with E-state index in [1.54, 1.807) is 35.6 Å². The minimum atomic E-state index is -0.253. The van der Waals surface area contributed by atoms with E-state index in [2.05, 4.69) is 15.6 Å². The highest BCUT2D eigenvalue weighted by atomic mass is 32.1. The third kappa shape index (κ3) is 4.00. The molecule has 0 spiro atoms. The fraction of sp³-hybridized carbons (Fsp3) is 0.211. The van der Waals surface area contributed by atoms with Crippen LogP contribution in [0.25, 0.3) is 10.6 Å². The number of carbonyl (C=O) groups excluding carboxylic acids is 2. The number of anilines is 1. The van der Waals surface area contributed by atoms with Crippen LogP contribution >= 0.6 is 22.7 Å². The fourth-order valence-electron chi connectivity index (χ4n) is 2.42. The Balaban J connectivity index is 1.82. The normalized spacial score (nSPS) is 10.5. The molecule has 26 heavy (non-hydrogen) atoms. The summed E-state index contributed by atoms with van der Waals surface area (Å²) in [5, 5.41) is 10.5. The molecule has 2 heterocycles. The average molecular weight is 386 g/mol. The number of hydrogen-bond donors (Lipinski definition) is 2. The first-order chi connectivity index (χ1) is 12.6. The Labute approximate surface area is 160 Å². The highest BCUT2D eigenvalue weighted by molar-refractivity contribution is 7.17. The number of para-hydroxylation sites is 1. The fourth-order valence-corrected chi connectivity index (χ4v) is 4.09. The Morgan fingerprint density at radius 3 is 2.69 bits per heavy atom. The molecule has 2 amide bonds. The Morgan fingerprint density at radius 2 is 1.96 bits per heavy atom. The van der Waals surface area contributed by atoms with Gasteiger partial charge in [0, 0.05) is 17.5 Å². The lowest BCUT2D eigenvalue weighted by molar-refractivity contribution is 0.0954. The van der Waals surface area contributed by atoms with Gasteiger partial charge in [-0.15, -0.1) is 11.3 Å². The molecule has 0 fully saturated rings. The summed E-state index contributed by atoms with van der Waals surface area (Å²) in [6.45, 7) is 4.41. The van der Waals surface area contributed by atoms with Gasteiger partial charge in [-0.1, -0.05) is 19.1 Å². The minimum Gasteiger partial charge on any atom is -0.352 e. The smallest absolute Gasteiger partial charge is 0.267 e. The van der Waals surface area contributed by atoms with Crippen molar-refractivity contribution in [2.75, 3.05) is 11.9 Å². The second-order valence-electron chi connectivity index (χ2n) is 5.70. The molecule has 0 radical (unpaired) electrons. The number of rotatable bonds is 6. The van der Waals surface area contributed by atoms with Crippen LogP contribution in [-0.4, -0.2) is 23.3 Å². The molecule has 3 rings (SSSR count). The first-order valence-electron chi connectivity index (χ1n) is 8.28. The summed E-state index contributed by atoms with van der Waals surface area (Å²) in [5.74, 6) is -0.444. The standard InChI is InChI=1S/C19H19N3O2S2/c1-3-9-20-17(23)14-6-4-5-7-15(14)22-18(24)16-12(2)21-19(26-16)13-8-10-25-11-13/h4-8,10-11H,3,9H2,1-2H3,(H,20,23)(H,22,24). The summed E-state index contributed by atoms with van der Waals surface area (Å²) in [7, 11) is 0. The van der Waals surface area contributed by atoms with E-state index in [9.17, 15) is 9.59 Å². The van der Waals surface area contributed by atoms with Crippen LogP contribution in [0.1, 0.15) is 39.1 Å². The van der Waals surface area contributed by atoms with Crippen molar-refractivity contribution in [1.29, 1.82) is 0 Å². The lowest BCUT2D eigenvalue weighted by Crippen LogP contribution is -2.25. The van der Waals surface area contributed by atoms with Crippen LogP contribution in [0, 0.1) is 6.92 Å². The van der Waals surface area contributed by atoms with Gasteiger partial charge in [0.05, 0.1) is 16.9 Å². The molecule has 0 aliphatic heterocycles. The maximum Gasteiger partial charge on any atom is 0.267 e. The molecule has 0 saturated heterocycles. The number of nitrogens with zero attached hydrogens (tertiary/aromatic N) is 1. The van der Waals surface area contributed by atoms with Gasteiger partial charge >= 0.3 is 0 Å². The summed E-state index contributed by atoms with van der Waals surface area (Å²) in [6, 6.07) is 9.00. The van der Waals surface area contributed by atoms with E-state index in [1.807, 2.05) is 30.7 Å². The molecule has 7 heteroatoms. The first-order valence-corrected chi connectivity index (χ1v) is 10.0. The summed E-state index contributed by atoms with van der Waals surface area (Å²) >= 11 is 2.95. The van der Waals surface area contributed by atoms with Gasteiger partial charge in [-0.05, 0) is 36.9 Å². The maximum absolute atomic E-state index is 12.7. The number of amides is 2. The van der Waals surface area contributed by atoms with Crippen LogP contribution in [0.4, 0.5) is 5.69 Å². The summed E-state index contributed by atoms with van der Waals surface area (Å²) in [4.78, 5) is 30.1. The lowest BCUT2D eigenvalue weighted by atomic mass is 10.1. The second kappa shape index (κ2) is 8.25. The van der Waals surface area contributed by atoms with Gasteiger partial charge in [0.25, 0.3) is 11.8 Å². The van der Waals surface area contributed by atoms with E-state index >= 15 is 0 Å². The number of aromatic nitrogens is 1. The molecule has 0 unspecified atom stereocenters. The van der Waals surface area contributed by atoms with E-state index in [4.69, 9.17) is 0 Å². The van der Waals surface area contributed by atoms with Crippen LogP contribution in [0.5, 0.6) is 0 Å². The van der Waals surface area contributed by atoms with Crippen molar-refractivity contribution in [2.45, 2.75) is 20.3 Å². The van der Waals surface area contributed by atoms with Gasteiger partial charge in [0.1, 0.15) is 9.88 Å². The van der Waals surface area contributed by atoms with Gasteiger partial charge in [-0.2, -0.15) is 11.3 Å². The molecule has 0 saturated carbocycles. The Kier molecular flexibility index (Phi) is 5.80. The third-order valence-electron chi connectivity index (χ3n) is 3.73. The van der Waals surface area contributed by atoms with E-state index in [1.165, 1.54) is 11.3 Å². The van der Waals surface area contributed by atoms with E-state index < -0.39 is 0 Å². The van der Waals surface area contributed by atoms with Crippen molar-refractivity contribution in [3.05, 3.63) is 57.2 Å². The third-order valence-corrected chi connectivity index (χ3v) is 5.61.